The summed E-state index contributed by atoms with van der Waals surface area (Å²) in [6, 6.07) is 6.89. The lowest BCUT2D eigenvalue weighted by atomic mass is 9.90. The molecule has 0 saturated carbocycles. The summed E-state index contributed by atoms with van der Waals surface area (Å²) in [4.78, 5) is 60.5. The molecular formula is C33H49N8O6S+. The highest BCUT2D eigenvalue weighted by Crippen LogP contribution is 2.33. The number of nitrogens with one attached hydrogen (secondary N) is 6. The summed E-state index contributed by atoms with van der Waals surface area (Å²) in [5.74, 6) is 1.31. The Bertz CT molecular complexity index is 1400. The number of thioether (sulfide) groups is 1. The minimum absolute atomic E-state index is 0.0511. The molecule has 2 saturated heterocycles. The Morgan fingerprint density at radius 2 is 1.60 bits per heavy atom. The van der Waals surface area contributed by atoms with Gasteiger partial charge in [-0.2, -0.15) is 11.8 Å². The van der Waals surface area contributed by atoms with Crippen LogP contribution in [0.15, 0.2) is 35.0 Å². The molecule has 0 radical (unpaired) electrons. The molecule has 14 nitrogen and oxygen atoms in total. The molecule has 3 heterocycles. The van der Waals surface area contributed by atoms with Gasteiger partial charge in [0, 0.05) is 67.1 Å². The van der Waals surface area contributed by atoms with Crippen molar-refractivity contribution in [2.24, 2.45) is 11.8 Å². The van der Waals surface area contributed by atoms with Crippen molar-refractivity contribution in [2.45, 2.75) is 89.5 Å². The lowest BCUT2D eigenvalue weighted by Crippen LogP contribution is -2.37. The quantitative estimate of drug-likeness (QED) is 0.0564. The maximum Gasteiger partial charge on any atom is 0.321 e. The number of carbonyl (C=O) groups is 5. The zero-order valence-corrected chi connectivity index (χ0v) is 28.8. The third-order valence-electron chi connectivity index (χ3n) is 8.75. The van der Waals surface area contributed by atoms with Crippen LogP contribution in [-0.2, 0) is 9.59 Å². The highest BCUT2D eigenvalue weighted by molar-refractivity contribution is 8.00. The molecule has 0 spiro atoms. The second kappa shape index (κ2) is 18.4. The van der Waals surface area contributed by atoms with Gasteiger partial charge in [0.05, 0.1) is 12.1 Å². The Kier molecular flexibility index (Phi) is 14.1. The van der Waals surface area contributed by atoms with Crippen molar-refractivity contribution >= 4 is 47.3 Å². The Labute approximate surface area is 285 Å². The maximum atomic E-state index is 12.5. The standard InChI is InChI=1S/C33H48N8O6S/c1-21(2)22(3)31(44)23-12-14-24(15-13-23)41-19-29(47-40-41)38-32(45)36-18-17-35-28(43)10-5-4-8-16-34-27(42)11-7-6-9-26-30-25(20-48-26)37-33(46)39-30/h12-15,19,21-22,25-26,30H,4-11,16-18,20H2,1-3H3,(H5-,34,35,36,37,38,39,40,42,43,45,46)/p+1/t22-,25?,26?,30?/m1/s1. The second-order valence-electron chi connectivity index (χ2n) is 12.7. The van der Waals surface area contributed by atoms with Crippen LogP contribution in [0.5, 0.6) is 0 Å². The molecule has 2 aliphatic rings. The van der Waals surface area contributed by atoms with Crippen LogP contribution in [0.2, 0.25) is 0 Å². The summed E-state index contributed by atoms with van der Waals surface area (Å²) in [6.45, 7) is 7.07. The predicted octanol–water partition coefficient (Wildman–Crippen LogP) is 3.07. The van der Waals surface area contributed by atoms with E-state index >= 15 is 0 Å². The van der Waals surface area contributed by atoms with Gasteiger partial charge in [0.15, 0.2) is 5.78 Å². The Morgan fingerprint density at radius 1 is 0.917 bits per heavy atom. The number of fused-ring (bicyclic) bond motifs is 1. The normalized spacial score (nSPS) is 18.8. The van der Waals surface area contributed by atoms with Crippen LogP contribution in [0.25, 0.3) is 5.69 Å². The second-order valence-corrected chi connectivity index (χ2v) is 14.0. The van der Waals surface area contributed by atoms with E-state index in [1.165, 1.54) is 10.9 Å². The fourth-order valence-electron chi connectivity index (χ4n) is 5.57. The smallest absolute Gasteiger partial charge is 0.321 e. The highest BCUT2D eigenvalue weighted by atomic mass is 32.2. The van der Waals surface area contributed by atoms with Crippen LogP contribution in [0, 0.1) is 11.8 Å². The summed E-state index contributed by atoms with van der Waals surface area (Å²) in [7, 11) is 0. The van der Waals surface area contributed by atoms with E-state index < -0.39 is 6.03 Å². The van der Waals surface area contributed by atoms with Crippen LogP contribution in [0.4, 0.5) is 15.5 Å². The van der Waals surface area contributed by atoms with Crippen molar-refractivity contribution in [3.63, 3.8) is 0 Å². The van der Waals surface area contributed by atoms with Crippen molar-refractivity contribution in [1.82, 2.24) is 31.9 Å². The van der Waals surface area contributed by atoms with Gasteiger partial charge in [-0.05, 0) is 48.4 Å². The third kappa shape index (κ3) is 11.2. The molecule has 4 atom stereocenters. The number of aromatic nitrogens is 2. The van der Waals surface area contributed by atoms with E-state index in [0.717, 1.165) is 37.9 Å². The van der Waals surface area contributed by atoms with Crippen LogP contribution in [-0.4, -0.2) is 77.7 Å². The van der Waals surface area contributed by atoms with Gasteiger partial charge in [-0.15, -0.1) is 0 Å². The lowest BCUT2D eigenvalue weighted by Gasteiger charge is -2.16. The first-order chi connectivity index (χ1) is 23.1. The van der Waals surface area contributed by atoms with E-state index in [1.54, 1.807) is 24.3 Å². The molecule has 1 aromatic heterocycles. The fourth-order valence-corrected chi connectivity index (χ4v) is 7.11. The number of hydrogen-bond donors (Lipinski definition) is 6. The van der Waals surface area contributed by atoms with Gasteiger partial charge in [0.1, 0.15) is 0 Å². The number of amides is 6. The molecule has 15 heteroatoms. The van der Waals surface area contributed by atoms with Gasteiger partial charge >= 0.3 is 17.9 Å². The first-order valence-corrected chi connectivity index (χ1v) is 18.0. The molecule has 2 aromatic rings. The SMILES string of the molecule is CC(C)[C@@H](C)C(=O)c1ccc(-[n+]2cc(NC(=O)NCCNC(=O)CCCCCNC(=O)CCCCC3SCC4NC(=O)NC43)on2)cc1. The minimum Gasteiger partial charge on any atom is -0.356 e. The largest absolute Gasteiger partial charge is 0.356 e. The number of unbranched alkanes of at least 4 members (excludes halogenated alkanes) is 3. The molecule has 1 aromatic carbocycles. The van der Waals surface area contributed by atoms with Gasteiger partial charge in [0.25, 0.3) is 6.20 Å². The first kappa shape index (κ1) is 36.7. The number of Topliss-reactive ketones (excluding diaryl/α,β-unsaturated/α-hetero) is 1. The Morgan fingerprint density at radius 3 is 2.33 bits per heavy atom. The van der Waals surface area contributed by atoms with E-state index in [2.05, 4.69) is 37.2 Å². The average Bonchev–Trinajstić information content (AvgIpc) is 3.79. The predicted molar refractivity (Wildman–Crippen MR) is 182 cm³/mol. The van der Waals surface area contributed by atoms with Crippen LogP contribution in [0.1, 0.15) is 82.5 Å². The number of rotatable bonds is 19. The van der Waals surface area contributed by atoms with Crippen molar-refractivity contribution in [3.8, 4) is 5.69 Å². The summed E-state index contributed by atoms with van der Waals surface area (Å²) >= 11 is 1.89. The number of nitrogens with zero attached hydrogens (tertiary/aromatic N) is 2. The third-order valence-corrected chi connectivity index (χ3v) is 10.3. The molecule has 2 fully saturated rings. The van der Waals surface area contributed by atoms with Gasteiger partial charge in [-0.1, -0.05) is 33.6 Å². The molecule has 48 heavy (non-hydrogen) atoms. The van der Waals surface area contributed by atoms with Crippen LogP contribution in [0.3, 0.4) is 0 Å². The summed E-state index contributed by atoms with van der Waals surface area (Å²) in [5.41, 5.74) is 1.30. The number of urea groups is 2. The van der Waals surface area contributed by atoms with Crippen LogP contribution >= 0.6 is 11.8 Å². The molecule has 0 bridgehead atoms. The minimum atomic E-state index is -0.499. The molecule has 262 valence electrons. The topological polar surface area (TPSA) is 187 Å². The van der Waals surface area contributed by atoms with E-state index in [9.17, 15) is 24.0 Å². The molecule has 2 aliphatic heterocycles. The lowest BCUT2D eigenvalue weighted by molar-refractivity contribution is -0.670. The number of anilines is 1. The van der Waals surface area contributed by atoms with Gasteiger partial charge < -0.3 is 26.6 Å². The first-order valence-electron chi connectivity index (χ1n) is 16.9. The van der Waals surface area contributed by atoms with Crippen molar-refractivity contribution < 1.29 is 33.2 Å². The highest BCUT2D eigenvalue weighted by Gasteiger charge is 2.42. The van der Waals surface area contributed by atoms with Gasteiger partial charge in [-0.25, -0.2) is 9.59 Å². The van der Waals surface area contributed by atoms with Gasteiger partial charge in [0.2, 0.25) is 22.8 Å². The van der Waals surface area contributed by atoms with E-state index in [-0.39, 0.29) is 66.5 Å². The molecular weight excluding hydrogens is 636 g/mol. The monoisotopic (exact) mass is 685 g/mol. The number of benzene rings is 1. The van der Waals surface area contributed by atoms with Gasteiger partial charge in [-0.3, -0.25) is 24.2 Å². The summed E-state index contributed by atoms with van der Waals surface area (Å²) in [6.07, 6.45) is 7.52. The van der Waals surface area contributed by atoms with Crippen molar-refractivity contribution in [1.29, 1.82) is 0 Å². The van der Waals surface area contributed by atoms with E-state index in [0.29, 0.717) is 42.3 Å². The molecule has 6 amide bonds. The Hall–Kier alpha value is -4.14. The zero-order chi connectivity index (χ0) is 34.5. The molecule has 6 N–H and O–H groups in total. The fraction of sp³-hybridized carbons (Fsp3) is 0.606. The van der Waals surface area contributed by atoms with Crippen molar-refractivity contribution in [3.05, 3.63) is 36.0 Å². The summed E-state index contributed by atoms with van der Waals surface area (Å²) in [5, 5.41) is 21.2. The summed E-state index contributed by atoms with van der Waals surface area (Å²) < 4.78 is 6.64. The van der Waals surface area contributed by atoms with E-state index in [4.69, 9.17) is 4.52 Å². The number of hydrogen-bond acceptors (Lipinski definition) is 8. The maximum absolute atomic E-state index is 12.5. The molecule has 4 rings (SSSR count). The average molecular weight is 686 g/mol. The number of ketones is 1. The molecule has 0 aliphatic carbocycles. The van der Waals surface area contributed by atoms with Crippen molar-refractivity contribution in [2.75, 3.05) is 30.7 Å². The zero-order valence-electron chi connectivity index (χ0n) is 28.0. The molecule has 3 unspecified atom stereocenters. The number of carbonyl (C=O) groups excluding carboxylic acids is 5. The van der Waals surface area contributed by atoms with Crippen LogP contribution < -0.4 is 36.6 Å². The van der Waals surface area contributed by atoms with E-state index in [1.807, 2.05) is 32.5 Å². The Balaban J connectivity index is 0.978.